The second kappa shape index (κ2) is 8.53. The van der Waals surface area contributed by atoms with E-state index < -0.39 is 17.7 Å². The van der Waals surface area contributed by atoms with Crippen molar-refractivity contribution in [2.45, 2.75) is 0 Å². The topological polar surface area (TPSA) is 36.4 Å². The first-order valence-corrected chi connectivity index (χ1v) is 9.24. The molecule has 0 aliphatic carbocycles. The van der Waals surface area contributed by atoms with Crippen LogP contribution in [0.5, 0.6) is 0 Å². The number of amides is 2. The molecule has 1 aromatic heterocycles. The molecule has 0 saturated carbocycles. The van der Waals surface area contributed by atoms with Crippen LogP contribution in [0, 0.1) is 11.6 Å². The molecule has 0 radical (unpaired) electrons. The van der Waals surface area contributed by atoms with Gasteiger partial charge in [0.05, 0.1) is 22.7 Å². The molecule has 3 aromatic carbocycles. The Balaban J connectivity index is 1.86. The van der Waals surface area contributed by atoms with Crippen LogP contribution >= 0.6 is 0 Å². The number of benzene rings is 3. The summed E-state index contributed by atoms with van der Waals surface area (Å²) in [6.45, 7) is 0. The zero-order valence-electron chi connectivity index (χ0n) is 15.8. The van der Waals surface area contributed by atoms with Crippen LogP contribution in [0.15, 0.2) is 103 Å². The molecule has 1 heterocycles. The SMILES string of the molecule is O=C(N(c1ccccc1)c1ccncc1)N(c1ccc(F)cc1)c1ccc(F)cc1. The summed E-state index contributed by atoms with van der Waals surface area (Å²) in [5.41, 5.74) is 2.14. The van der Waals surface area contributed by atoms with Crippen LogP contribution < -0.4 is 9.80 Å². The second-order valence-electron chi connectivity index (χ2n) is 6.45. The Morgan fingerprint density at radius 3 is 1.43 bits per heavy atom. The highest BCUT2D eigenvalue weighted by molar-refractivity contribution is 6.12. The smallest absolute Gasteiger partial charge is 0.265 e. The zero-order valence-corrected chi connectivity index (χ0v) is 15.8. The number of hydrogen-bond acceptors (Lipinski definition) is 2. The third kappa shape index (κ3) is 4.03. The number of para-hydroxylation sites is 1. The first kappa shape index (κ1) is 19.3. The Morgan fingerprint density at radius 1 is 0.567 bits per heavy atom. The van der Waals surface area contributed by atoms with E-state index in [1.54, 1.807) is 24.5 Å². The van der Waals surface area contributed by atoms with Gasteiger partial charge in [-0.15, -0.1) is 0 Å². The quantitative estimate of drug-likeness (QED) is 0.394. The molecule has 0 spiro atoms. The highest BCUT2D eigenvalue weighted by Crippen LogP contribution is 2.32. The van der Waals surface area contributed by atoms with E-state index >= 15 is 0 Å². The lowest BCUT2D eigenvalue weighted by Crippen LogP contribution is -2.38. The van der Waals surface area contributed by atoms with E-state index in [1.807, 2.05) is 30.3 Å². The number of nitrogens with zero attached hydrogens (tertiary/aromatic N) is 3. The van der Waals surface area contributed by atoms with E-state index in [0.29, 0.717) is 22.7 Å². The third-order valence-electron chi connectivity index (χ3n) is 4.49. The van der Waals surface area contributed by atoms with Crippen molar-refractivity contribution in [3.05, 3.63) is 115 Å². The largest absolute Gasteiger partial charge is 0.338 e. The molecule has 0 N–H and O–H groups in total. The fourth-order valence-corrected chi connectivity index (χ4v) is 3.09. The van der Waals surface area contributed by atoms with Crippen molar-refractivity contribution in [2.75, 3.05) is 9.80 Å². The van der Waals surface area contributed by atoms with Gasteiger partial charge in [-0.05, 0) is 72.8 Å². The average molecular weight is 401 g/mol. The van der Waals surface area contributed by atoms with Crippen molar-refractivity contribution in [1.29, 1.82) is 0 Å². The van der Waals surface area contributed by atoms with E-state index in [2.05, 4.69) is 4.98 Å². The van der Waals surface area contributed by atoms with Gasteiger partial charge >= 0.3 is 6.03 Å². The van der Waals surface area contributed by atoms with Crippen molar-refractivity contribution in [3.63, 3.8) is 0 Å². The number of urea groups is 1. The van der Waals surface area contributed by atoms with Gasteiger partial charge in [0.25, 0.3) is 0 Å². The summed E-state index contributed by atoms with van der Waals surface area (Å²) in [6, 6.07) is 23.3. The first-order chi connectivity index (χ1) is 14.6. The van der Waals surface area contributed by atoms with Crippen molar-refractivity contribution in [1.82, 2.24) is 4.98 Å². The number of carbonyl (C=O) groups is 1. The Hall–Kier alpha value is -4.06. The van der Waals surface area contributed by atoms with Crippen LogP contribution in [0.25, 0.3) is 0 Å². The molecular weight excluding hydrogens is 384 g/mol. The predicted octanol–water partition coefficient (Wildman–Crippen LogP) is 6.46. The van der Waals surface area contributed by atoms with E-state index in [1.165, 1.54) is 58.3 Å². The lowest BCUT2D eigenvalue weighted by molar-refractivity contribution is 0.255. The number of pyridine rings is 1. The van der Waals surface area contributed by atoms with Gasteiger partial charge in [0.1, 0.15) is 11.6 Å². The van der Waals surface area contributed by atoms with Crippen molar-refractivity contribution >= 4 is 28.8 Å². The van der Waals surface area contributed by atoms with Crippen molar-refractivity contribution < 1.29 is 13.6 Å². The lowest BCUT2D eigenvalue weighted by atomic mass is 10.2. The highest BCUT2D eigenvalue weighted by Gasteiger charge is 2.27. The number of carbonyl (C=O) groups excluding carboxylic acids is 1. The van der Waals surface area contributed by atoms with E-state index in [9.17, 15) is 13.6 Å². The molecule has 2 amide bonds. The predicted molar refractivity (Wildman–Crippen MR) is 113 cm³/mol. The minimum absolute atomic E-state index is 0.411. The Bertz CT molecular complexity index is 1030. The zero-order chi connectivity index (χ0) is 20.9. The minimum Gasteiger partial charge on any atom is -0.265 e. The van der Waals surface area contributed by atoms with Gasteiger partial charge < -0.3 is 0 Å². The van der Waals surface area contributed by atoms with Crippen LogP contribution in [-0.4, -0.2) is 11.0 Å². The second-order valence-corrected chi connectivity index (χ2v) is 6.45. The fourth-order valence-electron chi connectivity index (χ4n) is 3.09. The molecule has 0 unspecified atom stereocenters. The number of aromatic nitrogens is 1. The Labute approximate surface area is 172 Å². The van der Waals surface area contributed by atoms with Crippen LogP contribution in [0.3, 0.4) is 0 Å². The van der Waals surface area contributed by atoms with E-state index in [0.717, 1.165) is 0 Å². The van der Waals surface area contributed by atoms with Crippen LogP contribution in [0.4, 0.5) is 36.3 Å². The average Bonchev–Trinajstić information content (AvgIpc) is 2.78. The van der Waals surface area contributed by atoms with Crippen molar-refractivity contribution in [2.24, 2.45) is 0 Å². The molecule has 0 atom stereocenters. The summed E-state index contributed by atoms with van der Waals surface area (Å²) in [6.07, 6.45) is 3.19. The summed E-state index contributed by atoms with van der Waals surface area (Å²) in [5, 5.41) is 0. The number of hydrogen-bond donors (Lipinski definition) is 0. The summed E-state index contributed by atoms with van der Waals surface area (Å²) >= 11 is 0. The lowest BCUT2D eigenvalue weighted by Gasteiger charge is -2.31. The van der Waals surface area contributed by atoms with Crippen LogP contribution in [0.1, 0.15) is 0 Å². The first-order valence-electron chi connectivity index (χ1n) is 9.24. The van der Waals surface area contributed by atoms with Gasteiger partial charge in [0.2, 0.25) is 0 Å². The van der Waals surface area contributed by atoms with Crippen molar-refractivity contribution in [3.8, 4) is 0 Å². The maximum Gasteiger partial charge on any atom is 0.338 e. The molecule has 0 aliphatic rings. The minimum atomic E-state index is -0.417. The maximum atomic E-state index is 13.9. The Kier molecular flexibility index (Phi) is 5.48. The molecule has 148 valence electrons. The summed E-state index contributed by atoms with van der Waals surface area (Å²) in [4.78, 5) is 20.8. The monoisotopic (exact) mass is 401 g/mol. The molecule has 4 aromatic rings. The molecular formula is C24H17F2N3O. The normalized spacial score (nSPS) is 10.5. The molecule has 0 saturated heterocycles. The van der Waals surface area contributed by atoms with Gasteiger partial charge in [0, 0.05) is 12.4 Å². The fraction of sp³-hybridized carbons (Fsp3) is 0. The molecule has 6 heteroatoms. The Morgan fingerprint density at radius 2 is 0.967 bits per heavy atom. The van der Waals surface area contributed by atoms with Crippen LogP contribution in [-0.2, 0) is 0 Å². The van der Waals surface area contributed by atoms with Gasteiger partial charge in [-0.25, -0.2) is 13.6 Å². The third-order valence-corrected chi connectivity index (χ3v) is 4.49. The molecule has 0 aliphatic heterocycles. The molecule has 0 fully saturated rings. The summed E-state index contributed by atoms with van der Waals surface area (Å²) in [5.74, 6) is -0.835. The van der Waals surface area contributed by atoms with Gasteiger partial charge in [-0.2, -0.15) is 0 Å². The summed E-state index contributed by atoms with van der Waals surface area (Å²) in [7, 11) is 0. The van der Waals surface area contributed by atoms with Gasteiger partial charge in [-0.1, -0.05) is 18.2 Å². The molecule has 30 heavy (non-hydrogen) atoms. The standard InChI is InChI=1S/C24H17F2N3O/c25-18-6-10-21(11-7-18)29(22-12-8-19(26)9-13-22)24(30)28(20-4-2-1-3-5-20)23-14-16-27-17-15-23/h1-17H. The maximum absolute atomic E-state index is 13.9. The van der Waals surface area contributed by atoms with Crippen LogP contribution in [0.2, 0.25) is 0 Å². The highest BCUT2D eigenvalue weighted by atomic mass is 19.1. The van der Waals surface area contributed by atoms with Gasteiger partial charge in [-0.3, -0.25) is 14.8 Å². The van der Waals surface area contributed by atoms with Gasteiger partial charge in [0.15, 0.2) is 0 Å². The molecule has 0 bridgehead atoms. The van der Waals surface area contributed by atoms with E-state index in [-0.39, 0.29) is 0 Å². The van der Waals surface area contributed by atoms with E-state index in [4.69, 9.17) is 0 Å². The molecule has 4 rings (SSSR count). The number of halogens is 2. The molecule has 4 nitrogen and oxygen atoms in total. The number of rotatable bonds is 4. The number of anilines is 4. The summed E-state index contributed by atoms with van der Waals surface area (Å²) < 4.78 is 27.0.